The third-order valence-corrected chi connectivity index (χ3v) is 1.86. The average molecular weight is 260 g/mol. The zero-order chi connectivity index (χ0) is 12.5. The van der Waals surface area contributed by atoms with Crippen molar-refractivity contribution in [2.45, 2.75) is 0 Å². The molecule has 0 heterocycles. The fraction of sp³-hybridized carbons (Fsp3) is 0.125. The molecule has 16 heavy (non-hydrogen) atoms. The molecule has 0 saturated carbocycles. The van der Waals surface area contributed by atoms with Crippen LogP contribution in [0.15, 0.2) is 6.07 Å². The zero-order valence-electron chi connectivity index (χ0n) is 7.41. The summed E-state index contributed by atoms with van der Waals surface area (Å²) in [5, 5.41) is -0.895. The van der Waals surface area contributed by atoms with Gasteiger partial charge in [-0.15, -0.1) is 16.7 Å². The molecule has 0 spiro atoms. The van der Waals surface area contributed by atoms with Crippen LogP contribution in [-0.4, -0.2) is 11.8 Å². The van der Waals surface area contributed by atoms with E-state index in [1.54, 1.807) is 0 Å². The molecule has 0 aliphatic heterocycles. The Bertz CT molecular complexity index is 439. The molecular weight excluding hydrogens is 257 g/mol. The third kappa shape index (κ3) is 2.08. The predicted octanol–water partition coefficient (Wildman–Crippen LogP) is 2.70. The van der Waals surface area contributed by atoms with E-state index in [1.165, 1.54) is 0 Å². The van der Waals surface area contributed by atoms with Crippen LogP contribution in [0.25, 0.3) is 0 Å². The normalized spacial score (nSPS) is 10.4. The van der Waals surface area contributed by atoms with Gasteiger partial charge in [0.25, 0.3) is 5.91 Å². The number of alkyl halides is 1. The lowest BCUT2D eigenvalue weighted by molar-refractivity contribution is -0.118. The van der Waals surface area contributed by atoms with Crippen LogP contribution < -0.4 is 5.12 Å². The number of anilines is 1. The van der Waals surface area contributed by atoms with Crippen molar-refractivity contribution >= 4 is 23.2 Å². The first-order chi connectivity index (χ1) is 7.40. The largest absolute Gasteiger partial charge is 0.271 e. The van der Waals surface area contributed by atoms with Gasteiger partial charge in [-0.05, 0) is 0 Å². The monoisotopic (exact) mass is 259 g/mol. The van der Waals surface area contributed by atoms with Crippen LogP contribution in [0, 0.1) is 23.3 Å². The van der Waals surface area contributed by atoms with Crippen molar-refractivity contribution in [3.63, 3.8) is 0 Å². The molecule has 88 valence electrons. The molecule has 0 bridgehead atoms. The van der Waals surface area contributed by atoms with Gasteiger partial charge in [0.15, 0.2) is 23.3 Å². The Morgan fingerprint density at radius 3 is 2.25 bits per heavy atom. The second-order valence-electron chi connectivity index (χ2n) is 2.63. The molecule has 2 nitrogen and oxygen atoms in total. The summed E-state index contributed by atoms with van der Waals surface area (Å²) in [6, 6.07) is 0.0121. The van der Waals surface area contributed by atoms with E-state index in [0.717, 1.165) is 0 Å². The van der Waals surface area contributed by atoms with E-state index >= 15 is 0 Å². The Morgan fingerprint density at radius 2 is 1.75 bits per heavy atom. The summed E-state index contributed by atoms with van der Waals surface area (Å²) in [5.74, 6) is -10.4. The molecule has 1 amide bonds. The zero-order valence-corrected chi connectivity index (χ0v) is 8.16. The molecule has 1 aromatic rings. The van der Waals surface area contributed by atoms with Crippen molar-refractivity contribution < 1.29 is 26.8 Å². The number of amides is 1. The lowest BCUT2D eigenvalue weighted by Gasteiger charge is -2.12. The van der Waals surface area contributed by atoms with Crippen LogP contribution >= 0.6 is 11.6 Å². The molecule has 0 unspecified atom stereocenters. The first-order valence-corrected chi connectivity index (χ1v) is 4.31. The van der Waals surface area contributed by atoms with Crippen LogP contribution in [0.5, 0.6) is 0 Å². The maximum atomic E-state index is 13.0. The highest BCUT2D eigenvalue weighted by molar-refractivity contribution is 6.29. The van der Waals surface area contributed by atoms with Gasteiger partial charge in [0, 0.05) is 6.07 Å². The predicted molar refractivity (Wildman–Crippen MR) is 45.6 cm³/mol. The van der Waals surface area contributed by atoms with Gasteiger partial charge in [-0.25, -0.2) is 17.6 Å². The summed E-state index contributed by atoms with van der Waals surface area (Å²) in [6.07, 6.45) is 0. The topological polar surface area (TPSA) is 20.3 Å². The van der Waals surface area contributed by atoms with Gasteiger partial charge in [-0.1, -0.05) is 4.48 Å². The van der Waals surface area contributed by atoms with Gasteiger partial charge in [0.1, 0.15) is 11.6 Å². The van der Waals surface area contributed by atoms with Crippen molar-refractivity contribution in [3.05, 3.63) is 29.3 Å². The number of nitrogens with zero attached hydrogens (tertiary/aromatic N) is 1. The van der Waals surface area contributed by atoms with E-state index in [4.69, 9.17) is 11.6 Å². The Labute approximate surface area is 91.1 Å². The van der Waals surface area contributed by atoms with Crippen molar-refractivity contribution in [1.29, 1.82) is 0 Å². The Kier molecular flexibility index (Phi) is 3.69. The summed E-state index contributed by atoms with van der Waals surface area (Å²) in [6.45, 7) is 0. The molecule has 0 N–H and O–H groups in total. The molecular formula is C8H3ClF5NO. The van der Waals surface area contributed by atoms with Crippen molar-refractivity contribution in [2.75, 3.05) is 11.0 Å². The summed E-state index contributed by atoms with van der Waals surface area (Å²) in [5.41, 5.74) is -1.37. The second-order valence-corrected chi connectivity index (χ2v) is 2.89. The lowest BCUT2D eigenvalue weighted by atomic mass is 10.2. The van der Waals surface area contributed by atoms with Crippen molar-refractivity contribution in [3.8, 4) is 0 Å². The molecule has 1 aromatic carbocycles. The number of benzene rings is 1. The molecule has 0 fully saturated rings. The molecule has 0 aromatic heterocycles. The van der Waals surface area contributed by atoms with E-state index in [-0.39, 0.29) is 6.07 Å². The fourth-order valence-electron chi connectivity index (χ4n) is 0.890. The Hall–Kier alpha value is -1.37. The lowest BCUT2D eigenvalue weighted by Crippen LogP contribution is -2.24. The van der Waals surface area contributed by atoms with E-state index in [0.29, 0.717) is 0 Å². The third-order valence-electron chi connectivity index (χ3n) is 1.63. The van der Waals surface area contributed by atoms with Crippen LogP contribution in [0.2, 0.25) is 0 Å². The van der Waals surface area contributed by atoms with Gasteiger partial charge in [0.2, 0.25) is 0 Å². The number of carbonyl (C=O) groups is 1. The van der Waals surface area contributed by atoms with E-state index < -0.39 is 45.9 Å². The van der Waals surface area contributed by atoms with Gasteiger partial charge in [-0.2, -0.15) is 0 Å². The number of hydrogen-bond donors (Lipinski definition) is 0. The van der Waals surface area contributed by atoms with Crippen LogP contribution in [-0.2, 0) is 4.79 Å². The first kappa shape index (κ1) is 12.7. The number of hydrogen-bond acceptors (Lipinski definition) is 1. The molecule has 0 aliphatic carbocycles. The minimum atomic E-state index is -2.21. The second kappa shape index (κ2) is 4.65. The highest BCUT2D eigenvalue weighted by Crippen LogP contribution is 2.26. The number of carbonyl (C=O) groups excluding carboxylic acids is 1. The van der Waals surface area contributed by atoms with Gasteiger partial charge >= 0.3 is 0 Å². The maximum absolute atomic E-state index is 13.0. The van der Waals surface area contributed by atoms with E-state index in [1.807, 2.05) is 0 Å². The summed E-state index contributed by atoms with van der Waals surface area (Å²) in [7, 11) is 0. The smallest absolute Gasteiger partial charge is 0.270 e. The molecule has 0 aliphatic rings. The minimum Gasteiger partial charge on any atom is -0.271 e. The van der Waals surface area contributed by atoms with E-state index in [9.17, 15) is 26.8 Å². The molecule has 0 atom stereocenters. The molecule has 0 saturated heterocycles. The maximum Gasteiger partial charge on any atom is 0.270 e. The molecule has 0 radical (unpaired) electrons. The van der Waals surface area contributed by atoms with Gasteiger partial charge in [-0.3, -0.25) is 4.79 Å². The highest BCUT2D eigenvalue weighted by atomic mass is 35.5. The quantitative estimate of drug-likeness (QED) is 0.263. The van der Waals surface area contributed by atoms with Gasteiger partial charge < -0.3 is 0 Å². The van der Waals surface area contributed by atoms with E-state index in [2.05, 4.69) is 0 Å². The molecule has 1 rings (SSSR count). The highest BCUT2D eigenvalue weighted by Gasteiger charge is 2.25. The van der Waals surface area contributed by atoms with Crippen LogP contribution in [0.3, 0.4) is 0 Å². The Morgan fingerprint density at radius 1 is 1.19 bits per heavy atom. The van der Waals surface area contributed by atoms with Gasteiger partial charge in [0.05, 0.1) is 0 Å². The summed E-state index contributed by atoms with van der Waals surface area (Å²) in [4.78, 5) is 10.7. The summed E-state index contributed by atoms with van der Waals surface area (Å²) >= 11 is 4.94. The summed E-state index contributed by atoms with van der Waals surface area (Å²) < 4.78 is 63.7. The molecule has 8 heteroatoms. The van der Waals surface area contributed by atoms with Crippen molar-refractivity contribution in [2.24, 2.45) is 0 Å². The number of halogens is 6. The average Bonchev–Trinajstić information content (AvgIpc) is 2.29. The minimum absolute atomic E-state index is 0.0121. The first-order valence-electron chi connectivity index (χ1n) is 3.77. The van der Waals surface area contributed by atoms with Crippen LogP contribution in [0.4, 0.5) is 27.7 Å². The van der Waals surface area contributed by atoms with Crippen LogP contribution in [0.1, 0.15) is 0 Å². The SMILES string of the molecule is O=C(CCl)N(F)c1cc(F)c(F)c(F)c1F. The Balaban J connectivity index is 3.30. The fourth-order valence-corrected chi connectivity index (χ4v) is 0.995. The number of rotatable bonds is 2. The van der Waals surface area contributed by atoms with Crippen molar-refractivity contribution in [1.82, 2.24) is 0 Å². The standard InChI is InChI=1S/C8H3ClF5NO/c9-2-5(16)15(14)4-1-3(10)6(11)8(13)7(4)12/h1H,2H2.